The molecule has 0 N–H and O–H groups in total. The van der Waals surface area contributed by atoms with Crippen LogP contribution in [0.1, 0.15) is 66.9 Å². The van der Waals surface area contributed by atoms with Crippen LogP contribution < -0.4 is 0 Å². The van der Waals surface area contributed by atoms with Crippen molar-refractivity contribution in [2.45, 2.75) is 69.1 Å². The van der Waals surface area contributed by atoms with Crippen LogP contribution in [0.15, 0.2) is 42.5 Å². The zero-order valence-corrected chi connectivity index (χ0v) is 22.5. The summed E-state index contributed by atoms with van der Waals surface area (Å²) in [5, 5.41) is 0. The van der Waals surface area contributed by atoms with Gasteiger partial charge in [-0.25, -0.2) is 4.39 Å². The average Bonchev–Trinajstić information content (AvgIpc) is 3.50. The van der Waals surface area contributed by atoms with E-state index < -0.39 is 41.5 Å². The number of halogens is 7. The molecule has 0 radical (unpaired) electrons. The molecule has 2 aliphatic rings. The smallest absolute Gasteiger partial charge is 0.370 e. The molecule has 1 aliphatic carbocycles. The Kier molecular flexibility index (Phi) is 8.85. The van der Waals surface area contributed by atoms with Crippen LogP contribution in [0.3, 0.4) is 0 Å². The monoisotopic (exact) mass is 574 g/mol. The Hall–Kier alpha value is -2.66. The highest BCUT2D eigenvalue weighted by Gasteiger charge is 2.43. The summed E-state index contributed by atoms with van der Waals surface area (Å²) in [4.78, 5) is 16.4. The number of amides is 1. The first-order valence-corrected chi connectivity index (χ1v) is 13.3. The second kappa shape index (κ2) is 11.7. The summed E-state index contributed by atoms with van der Waals surface area (Å²) in [5.74, 6) is -0.707. The van der Waals surface area contributed by atoms with Gasteiger partial charge in [0.25, 0.3) is 0 Å². The lowest BCUT2D eigenvalue weighted by atomic mass is 9.86. The largest absolute Gasteiger partial charge is 0.416 e. The van der Waals surface area contributed by atoms with Crippen LogP contribution in [-0.2, 0) is 21.9 Å². The molecule has 220 valence electrons. The number of benzene rings is 2. The van der Waals surface area contributed by atoms with Crippen LogP contribution in [0.2, 0.25) is 0 Å². The number of likely N-dealkylation sites (tertiary alicyclic amines) is 1. The summed E-state index contributed by atoms with van der Waals surface area (Å²) in [6.07, 6.45) is -8.71. The van der Waals surface area contributed by atoms with Gasteiger partial charge in [-0.15, -0.1) is 0 Å². The van der Waals surface area contributed by atoms with E-state index in [1.165, 1.54) is 19.1 Å². The lowest BCUT2D eigenvalue weighted by Gasteiger charge is -2.33. The van der Waals surface area contributed by atoms with E-state index in [0.29, 0.717) is 31.5 Å². The second-order valence-electron chi connectivity index (χ2n) is 11.0. The van der Waals surface area contributed by atoms with Crippen LogP contribution in [0.25, 0.3) is 0 Å². The fraction of sp³-hybridized carbons (Fsp3) is 0.552. The molecule has 1 saturated carbocycles. The molecule has 1 heterocycles. The average molecular weight is 575 g/mol. The summed E-state index contributed by atoms with van der Waals surface area (Å²) in [6, 6.07) is 7.15. The fourth-order valence-corrected chi connectivity index (χ4v) is 6.05. The van der Waals surface area contributed by atoms with Crippen molar-refractivity contribution < 1.29 is 40.3 Å². The maximum Gasteiger partial charge on any atom is 0.416 e. The summed E-state index contributed by atoms with van der Waals surface area (Å²) >= 11 is 0. The van der Waals surface area contributed by atoms with E-state index >= 15 is 0 Å². The van der Waals surface area contributed by atoms with Crippen molar-refractivity contribution >= 4 is 5.91 Å². The van der Waals surface area contributed by atoms with Crippen molar-refractivity contribution in [2.24, 2.45) is 5.92 Å². The van der Waals surface area contributed by atoms with E-state index in [1.807, 2.05) is 0 Å². The van der Waals surface area contributed by atoms with E-state index in [9.17, 15) is 35.5 Å². The number of carbonyl (C=O) groups excluding carboxylic acids is 1. The van der Waals surface area contributed by atoms with Crippen molar-refractivity contribution in [1.82, 2.24) is 9.80 Å². The first kappa shape index (κ1) is 30.3. The van der Waals surface area contributed by atoms with Gasteiger partial charge in [0.2, 0.25) is 5.91 Å². The maximum atomic E-state index is 13.7. The predicted octanol–water partition coefficient (Wildman–Crippen LogP) is 7.06. The topological polar surface area (TPSA) is 32.8 Å². The van der Waals surface area contributed by atoms with Crippen LogP contribution in [-0.4, -0.2) is 55.0 Å². The van der Waals surface area contributed by atoms with Crippen molar-refractivity contribution in [2.75, 3.05) is 27.2 Å². The first-order valence-electron chi connectivity index (χ1n) is 13.3. The SMILES string of the molecule is C[C@@H](O[C@H]1CC[C@@H](CN2CCC[C@H]2C(=O)N(C)C)[C@@H]1c1ccc(F)cc1)c1cc(C(F)(F)F)cc(C(F)(F)F)c1. The van der Waals surface area contributed by atoms with Gasteiger partial charge in [-0.1, -0.05) is 12.1 Å². The molecule has 2 aromatic carbocycles. The van der Waals surface area contributed by atoms with Crippen LogP contribution in [0, 0.1) is 11.7 Å². The third-order valence-corrected chi connectivity index (χ3v) is 8.00. The molecule has 0 spiro atoms. The van der Waals surface area contributed by atoms with Gasteiger partial charge < -0.3 is 9.64 Å². The Balaban J connectivity index is 1.61. The number of ether oxygens (including phenoxy) is 1. The van der Waals surface area contributed by atoms with E-state index in [0.717, 1.165) is 24.9 Å². The lowest BCUT2D eigenvalue weighted by molar-refractivity contribution is -0.143. The van der Waals surface area contributed by atoms with Crippen LogP contribution in [0.5, 0.6) is 0 Å². The molecule has 1 amide bonds. The van der Waals surface area contributed by atoms with E-state index in [4.69, 9.17) is 4.74 Å². The first-order chi connectivity index (χ1) is 18.6. The van der Waals surface area contributed by atoms with Crippen LogP contribution >= 0.6 is 0 Å². The number of carbonyl (C=O) groups is 1. The predicted molar refractivity (Wildman–Crippen MR) is 135 cm³/mol. The highest BCUT2D eigenvalue weighted by atomic mass is 19.4. The number of hydrogen-bond acceptors (Lipinski definition) is 3. The number of hydrogen-bond donors (Lipinski definition) is 0. The molecule has 40 heavy (non-hydrogen) atoms. The Morgan fingerprint density at radius 2 is 1.57 bits per heavy atom. The second-order valence-corrected chi connectivity index (χ2v) is 11.0. The molecule has 4 nitrogen and oxygen atoms in total. The van der Waals surface area contributed by atoms with Gasteiger partial charge in [0.1, 0.15) is 5.82 Å². The Morgan fingerprint density at radius 1 is 0.975 bits per heavy atom. The van der Waals surface area contributed by atoms with E-state index in [1.54, 1.807) is 31.1 Å². The van der Waals surface area contributed by atoms with Crippen molar-refractivity contribution in [3.63, 3.8) is 0 Å². The Morgan fingerprint density at radius 3 is 2.12 bits per heavy atom. The number of likely N-dealkylation sites (N-methyl/N-ethyl adjacent to an activating group) is 1. The minimum absolute atomic E-state index is 0.00882. The maximum absolute atomic E-state index is 13.7. The third-order valence-electron chi connectivity index (χ3n) is 8.00. The number of nitrogens with zero attached hydrogens (tertiary/aromatic N) is 2. The van der Waals surface area contributed by atoms with Gasteiger partial charge in [0, 0.05) is 26.6 Å². The molecule has 0 unspecified atom stereocenters. The molecule has 2 fully saturated rings. The van der Waals surface area contributed by atoms with Gasteiger partial charge in [-0.05, 0) is 86.5 Å². The number of alkyl halides is 6. The summed E-state index contributed by atoms with van der Waals surface area (Å²) in [7, 11) is 3.41. The minimum Gasteiger partial charge on any atom is -0.370 e. The molecule has 1 aliphatic heterocycles. The van der Waals surface area contributed by atoms with Gasteiger partial charge >= 0.3 is 12.4 Å². The Labute approximate surface area is 229 Å². The third kappa shape index (κ3) is 6.79. The van der Waals surface area contributed by atoms with Gasteiger partial charge in [0.05, 0.1) is 29.4 Å². The van der Waals surface area contributed by atoms with E-state index in [-0.39, 0.29) is 35.4 Å². The molecule has 5 atom stereocenters. The van der Waals surface area contributed by atoms with Gasteiger partial charge in [-0.2, -0.15) is 26.3 Å². The highest BCUT2D eigenvalue weighted by molar-refractivity contribution is 5.81. The zero-order valence-electron chi connectivity index (χ0n) is 22.5. The molecular weight excluding hydrogens is 541 g/mol. The molecule has 0 aromatic heterocycles. The van der Waals surface area contributed by atoms with Crippen molar-refractivity contribution in [3.05, 3.63) is 70.5 Å². The summed E-state index contributed by atoms with van der Waals surface area (Å²) in [5.41, 5.74) is -2.23. The van der Waals surface area contributed by atoms with Crippen LogP contribution in [0.4, 0.5) is 30.7 Å². The highest BCUT2D eigenvalue weighted by Crippen LogP contribution is 2.45. The van der Waals surface area contributed by atoms with E-state index in [2.05, 4.69) is 4.90 Å². The number of rotatable bonds is 7. The van der Waals surface area contributed by atoms with Crippen molar-refractivity contribution in [3.8, 4) is 0 Å². The lowest BCUT2D eigenvalue weighted by Crippen LogP contribution is -2.45. The standard InChI is InChI=1S/C29H33F7N2O2/c1-17(20-13-21(28(31,32)33)15-22(14-20)29(34,35)36)40-25-11-8-19(26(25)18-6-9-23(30)10-7-18)16-38-12-4-5-24(38)27(39)37(2)3/h6-7,9-10,13-15,17,19,24-26H,4-5,8,11-12,16H2,1-3H3/t17-,19+,24+,25+,26+/m1/s1. The summed E-state index contributed by atoms with van der Waals surface area (Å²) in [6.45, 7) is 2.75. The van der Waals surface area contributed by atoms with Gasteiger partial charge in [-0.3, -0.25) is 9.69 Å². The molecule has 4 rings (SSSR count). The van der Waals surface area contributed by atoms with Crippen molar-refractivity contribution in [1.29, 1.82) is 0 Å². The molecule has 1 saturated heterocycles. The van der Waals surface area contributed by atoms with Gasteiger partial charge in [0.15, 0.2) is 0 Å². The zero-order chi connectivity index (χ0) is 29.4. The fourth-order valence-electron chi connectivity index (χ4n) is 6.05. The summed E-state index contributed by atoms with van der Waals surface area (Å²) < 4.78 is 101. The molecule has 2 aromatic rings. The molecular formula is C29H33F7N2O2. The molecule has 0 bridgehead atoms. The minimum atomic E-state index is -4.96. The normalized spacial score (nSPS) is 24.9. The Bertz CT molecular complexity index is 1150. The quantitative estimate of drug-likeness (QED) is 0.332. The molecule has 11 heteroatoms.